The highest BCUT2D eigenvalue weighted by Gasteiger charge is 2.25. The van der Waals surface area contributed by atoms with Crippen molar-refractivity contribution in [2.45, 2.75) is 63.3 Å². The molecular formula is C15H24N4O2. The third-order valence-corrected chi connectivity index (χ3v) is 4.24. The van der Waals surface area contributed by atoms with Gasteiger partial charge in [0.05, 0.1) is 24.0 Å². The first-order valence-electron chi connectivity index (χ1n) is 7.86. The molecule has 6 nitrogen and oxygen atoms in total. The SMILES string of the molecule is COC1CCCCC1Nc1cnn(CC(=O)NC2CC2)c1. The molecular weight excluding hydrogens is 268 g/mol. The number of hydrogen-bond acceptors (Lipinski definition) is 4. The van der Waals surface area contributed by atoms with Gasteiger partial charge >= 0.3 is 0 Å². The van der Waals surface area contributed by atoms with Crippen molar-refractivity contribution in [1.29, 1.82) is 0 Å². The molecule has 0 bridgehead atoms. The maximum absolute atomic E-state index is 11.7. The molecule has 2 fully saturated rings. The molecule has 1 aromatic rings. The highest BCUT2D eigenvalue weighted by Crippen LogP contribution is 2.24. The first-order valence-corrected chi connectivity index (χ1v) is 7.86. The fraction of sp³-hybridized carbons (Fsp3) is 0.733. The number of methoxy groups -OCH3 is 1. The zero-order chi connectivity index (χ0) is 14.7. The number of nitrogens with one attached hydrogen (secondary N) is 2. The third kappa shape index (κ3) is 3.97. The molecule has 2 saturated carbocycles. The molecule has 2 unspecified atom stereocenters. The second kappa shape index (κ2) is 6.47. The lowest BCUT2D eigenvalue weighted by Crippen LogP contribution is -2.37. The maximum Gasteiger partial charge on any atom is 0.241 e. The standard InChI is InChI=1S/C15H24N4O2/c1-21-14-5-3-2-4-13(14)17-12-8-16-19(9-12)10-15(20)18-11-6-7-11/h8-9,11,13-14,17H,2-7,10H2,1H3,(H,18,20). The Morgan fingerprint density at radius 2 is 2.19 bits per heavy atom. The second-order valence-electron chi connectivity index (χ2n) is 6.08. The molecule has 2 N–H and O–H groups in total. The fourth-order valence-corrected chi connectivity index (χ4v) is 2.93. The van der Waals surface area contributed by atoms with E-state index in [0.29, 0.717) is 12.1 Å². The molecule has 2 atom stereocenters. The van der Waals surface area contributed by atoms with Crippen LogP contribution in [0.15, 0.2) is 12.4 Å². The van der Waals surface area contributed by atoms with Crippen LogP contribution in [0, 0.1) is 0 Å². The van der Waals surface area contributed by atoms with Crippen LogP contribution in [0.1, 0.15) is 38.5 Å². The van der Waals surface area contributed by atoms with Crippen molar-refractivity contribution in [3.8, 4) is 0 Å². The minimum absolute atomic E-state index is 0.0413. The van der Waals surface area contributed by atoms with Crippen LogP contribution < -0.4 is 10.6 Å². The summed E-state index contributed by atoms with van der Waals surface area (Å²) < 4.78 is 7.23. The second-order valence-corrected chi connectivity index (χ2v) is 6.08. The number of nitrogens with zero attached hydrogens (tertiary/aromatic N) is 2. The van der Waals surface area contributed by atoms with Crippen LogP contribution in [0.3, 0.4) is 0 Å². The van der Waals surface area contributed by atoms with Crippen molar-refractivity contribution < 1.29 is 9.53 Å². The van der Waals surface area contributed by atoms with Gasteiger partial charge in [-0.3, -0.25) is 9.48 Å². The number of carbonyl (C=O) groups is 1. The van der Waals surface area contributed by atoms with Crippen LogP contribution in [0.5, 0.6) is 0 Å². The number of rotatable bonds is 6. The number of anilines is 1. The van der Waals surface area contributed by atoms with Crippen LogP contribution in [0.25, 0.3) is 0 Å². The molecule has 1 aromatic heterocycles. The molecule has 0 aromatic carbocycles. The van der Waals surface area contributed by atoms with E-state index in [4.69, 9.17) is 4.74 Å². The normalized spacial score (nSPS) is 25.6. The lowest BCUT2D eigenvalue weighted by Gasteiger charge is -2.31. The van der Waals surface area contributed by atoms with Gasteiger partial charge in [0, 0.05) is 19.3 Å². The molecule has 0 spiro atoms. The summed E-state index contributed by atoms with van der Waals surface area (Å²) in [4.78, 5) is 11.7. The Balaban J connectivity index is 1.52. The number of aromatic nitrogens is 2. The van der Waals surface area contributed by atoms with Crippen molar-refractivity contribution in [3.63, 3.8) is 0 Å². The van der Waals surface area contributed by atoms with Gasteiger partial charge in [0.1, 0.15) is 6.54 Å². The Hall–Kier alpha value is -1.56. The van der Waals surface area contributed by atoms with Crippen molar-refractivity contribution in [1.82, 2.24) is 15.1 Å². The van der Waals surface area contributed by atoms with Gasteiger partial charge in [0.25, 0.3) is 0 Å². The molecule has 116 valence electrons. The summed E-state index contributed by atoms with van der Waals surface area (Å²) in [6.45, 7) is 0.288. The molecule has 0 radical (unpaired) electrons. The zero-order valence-corrected chi connectivity index (χ0v) is 12.5. The van der Waals surface area contributed by atoms with E-state index in [-0.39, 0.29) is 18.6 Å². The Kier molecular flexibility index (Phi) is 4.43. The van der Waals surface area contributed by atoms with Gasteiger partial charge < -0.3 is 15.4 Å². The molecule has 0 aliphatic heterocycles. The van der Waals surface area contributed by atoms with E-state index in [1.165, 1.54) is 12.8 Å². The van der Waals surface area contributed by atoms with Gasteiger partial charge in [-0.15, -0.1) is 0 Å². The minimum atomic E-state index is 0.0413. The first-order chi connectivity index (χ1) is 10.2. The molecule has 3 rings (SSSR count). The van der Waals surface area contributed by atoms with E-state index in [0.717, 1.165) is 31.4 Å². The first kappa shape index (κ1) is 14.4. The van der Waals surface area contributed by atoms with Crippen LogP contribution in [-0.2, 0) is 16.1 Å². The van der Waals surface area contributed by atoms with Gasteiger partial charge in [-0.25, -0.2) is 0 Å². The average Bonchev–Trinajstić information content (AvgIpc) is 3.18. The lowest BCUT2D eigenvalue weighted by atomic mass is 9.92. The quantitative estimate of drug-likeness (QED) is 0.834. The van der Waals surface area contributed by atoms with Gasteiger partial charge in [-0.05, 0) is 25.7 Å². The average molecular weight is 292 g/mol. The molecule has 1 amide bonds. The van der Waals surface area contributed by atoms with Crippen molar-refractivity contribution in [3.05, 3.63) is 12.4 Å². The zero-order valence-electron chi connectivity index (χ0n) is 12.5. The van der Waals surface area contributed by atoms with Crippen molar-refractivity contribution >= 4 is 11.6 Å². The summed E-state index contributed by atoms with van der Waals surface area (Å²) in [5, 5.41) is 10.7. The smallest absolute Gasteiger partial charge is 0.241 e. The molecule has 21 heavy (non-hydrogen) atoms. The molecule has 2 aliphatic rings. The molecule has 1 heterocycles. The summed E-state index contributed by atoms with van der Waals surface area (Å²) in [5.74, 6) is 0.0413. The summed E-state index contributed by atoms with van der Waals surface area (Å²) in [5.41, 5.74) is 0.961. The lowest BCUT2D eigenvalue weighted by molar-refractivity contribution is -0.122. The molecule has 0 saturated heterocycles. The van der Waals surface area contributed by atoms with E-state index in [9.17, 15) is 4.79 Å². The highest BCUT2D eigenvalue weighted by molar-refractivity contribution is 5.76. The number of ether oxygens (including phenoxy) is 1. The monoisotopic (exact) mass is 292 g/mol. The Morgan fingerprint density at radius 1 is 1.38 bits per heavy atom. The van der Waals surface area contributed by atoms with E-state index in [2.05, 4.69) is 15.7 Å². The summed E-state index contributed by atoms with van der Waals surface area (Å²) in [7, 11) is 1.77. The highest BCUT2D eigenvalue weighted by atomic mass is 16.5. The van der Waals surface area contributed by atoms with Gasteiger partial charge in [0.15, 0.2) is 0 Å². The van der Waals surface area contributed by atoms with Crippen LogP contribution >= 0.6 is 0 Å². The van der Waals surface area contributed by atoms with E-state index in [1.807, 2.05) is 6.20 Å². The number of hydrogen-bond donors (Lipinski definition) is 2. The van der Waals surface area contributed by atoms with Gasteiger partial charge in [-0.2, -0.15) is 5.10 Å². The predicted molar refractivity (Wildman–Crippen MR) is 80.1 cm³/mol. The van der Waals surface area contributed by atoms with Crippen LogP contribution in [-0.4, -0.2) is 41.0 Å². The van der Waals surface area contributed by atoms with Crippen LogP contribution in [0.2, 0.25) is 0 Å². The predicted octanol–water partition coefficient (Wildman–Crippen LogP) is 1.53. The van der Waals surface area contributed by atoms with Gasteiger partial charge in [0.2, 0.25) is 5.91 Å². The largest absolute Gasteiger partial charge is 0.379 e. The Morgan fingerprint density at radius 3 is 2.95 bits per heavy atom. The minimum Gasteiger partial charge on any atom is -0.379 e. The fourth-order valence-electron chi connectivity index (χ4n) is 2.93. The number of amides is 1. The topological polar surface area (TPSA) is 68.2 Å². The van der Waals surface area contributed by atoms with Gasteiger partial charge in [-0.1, -0.05) is 12.8 Å². The van der Waals surface area contributed by atoms with E-state index >= 15 is 0 Å². The van der Waals surface area contributed by atoms with E-state index in [1.54, 1.807) is 18.0 Å². The van der Waals surface area contributed by atoms with Crippen LogP contribution in [0.4, 0.5) is 5.69 Å². The summed E-state index contributed by atoms with van der Waals surface area (Å²) >= 11 is 0. The molecule has 6 heteroatoms. The Labute approximate surface area is 125 Å². The van der Waals surface area contributed by atoms with Crippen molar-refractivity contribution in [2.75, 3.05) is 12.4 Å². The summed E-state index contributed by atoms with van der Waals surface area (Å²) in [6, 6.07) is 0.733. The molecule has 2 aliphatic carbocycles. The van der Waals surface area contributed by atoms with Crippen molar-refractivity contribution in [2.24, 2.45) is 0 Å². The van der Waals surface area contributed by atoms with E-state index < -0.39 is 0 Å². The number of carbonyl (C=O) groups excluding carboxylic acids is 1. The Bertz CT molecular complexity index is 484. The third-order valence-electron chi connectivity index (χ3n) is 4.24. The summed E-state index contributed by atoms with van der Waals surface area (Å²) in [6.07, 6.45) is 10.8. The maximum atomic E-state index is 11.7.